The normalized spacial score (nSPS) is 13.9. The molecule has 1 heterocycles. The van der Waals surface area contributed by atoms with Crippen molar-refractivity contribution in [3.63, 3.8) is 0 Å². The van der Waals surface area contributed by atoms with Gasteiger partial charge in [-0.2, -0.15) is 0 Å². The summed E-state index contributed by atoms with van der Waals surface area (Å²) >= 11 is 1.43. The Labute approximate surface area is 122 Å². The van der Waals surface area contributed by atoms with Crippen LogP contribution in [0.1, 0.15) is 32.4 Å². The molecule has 0 aromatic carbocycles. The van der Waals surface area contributed by atoms with Gasteiger partial charge < -0.3 is 15.4 Å². The molecule has 0 bridgehead atoms. The van der Waals surface area contributed by atoms with Crippen LogP contribution in [0.15, 0.2) is 16.0 Å². The first-order valence-electron chi connectivity index (χ1n) is 6.56. The van der Waals surface area contributed by atoms with Crippen molar-refractivity contribution >= 4 is 17.7 Å². The molecule has 0 aliphatic carbocycles. The number of thioether (sulfide) groups is 1. The van der Waals surface area contributed by atoms with Crippen molar-refractivity contribution < 1.29 is 9.90 Å². The molecule has 1 rings (SSSR count). The van der Waals surface area contributed by atoms with Gasteiger partial charge in [-0.3, -0.25) is 9.59 Å². The maximum Gasteiger partial charge on any atom is 0.323 e. The van der Waals surface area contributed by atoms with Gasteiger partial charge in [0.15, 0.2) is 5.16 Å². The molecule has 7 heteroatoms. The molecule has 0 spiro atoms. The van der Waals surface area contributed by atoms with E-state index in [0.717, 1.165) is 6.42 Å². The molecule has 0 aliphatic rings. The lowest BCUT2D eigenvalue weighted by molar-refractivity contribution is -0.144. The van der Waals surface area contributed by atoms with Crippen LogP contribution >= 0.6 is 11.8 Å². The third kappa shape index (κ3) is 4.97. The van der Waals surface area contributed by atoms with Gasteiger partial charge in [0, 0.05) is 17.5 Å². The summed E-state index contributed by atoms with van der Waals surface area (Å²) in [5, 5.41) is 12.8. The van der Waals surface area contributed by atoms with Crippen LogP contribution in [0, 0.1) is 6.92 Å². The van der Waals surface area contributed by atoms with E-state index < -0.39 is 11.5 Å². The summed E-state index contributed by atoms with van der Waals surface area (Å²) < 4.78 is 0. The Morgan fingerprint density at radius 3 is 2.85 bits per heavy atom. The maximum absolute atomic E-state index is 11.3. The molecule has 1 aromatic rings. The van der Waals surface area contributed by atoms with Crippen molar-refractivity contribution in [3.8, 4) is 0 Å². The van der Waals surface area contributed by atoms with E-state index in [0.29, 0.717) is 29.6 Å². The summed E-state index contributed by atoms with van der Waals surface area (Å²) in [6.07, 6.45) is 1.25. The Bertz CT molecular complexity index is 518. The summed E-state index contributed by atoms with van der Waals surface area (Å²) in [5.41, 5.74) is -0.384. The Morgan fingerprint density at radius 2 is 2.30 bits per heavy atom. The van der Waals surface area contributed by atoms with Crippen LogP contribution in [0.3, 0.4) is 0 Å². The minimum atomic E-state index is -0.900. The summed E-state index contributed by atoms with van der Waals surface area (Å²) in [6.45, 7) is 5.96. The van der Waals surface area contributed by atoms with Gasteiger partial charge in [-0.15, -0.1) is 0 Å². The Morgan fingerprint density at radius 1 is 1.60 bits per heavy atom. The summed E-state index contributed by atoms with van der Waals surface area (Å²) in [5.74, 6) is -0.132. The van der Waals surface area contributed by atoms with Crippen LogP contribution in [0.5, 0.6) is 0 Å². The number of aromatic nitrogens is 2. The number of nitrogens with zero attached hydrogens (tertiary/aromatic N) is 1. The van der Waals surface area contributed by atoms with Crippen molar-refractivity contribution in [2.24, 2.45) is 0 Å². The molecule has 0 fully saturated rings. The summed E-state index contributed by atoms with van der Waals surface area (Å²) in [7, 11) is 0. The van der Waals surface area contributed by atoms with Crippen LogP contribution in [-0.2, 0) is 4.79 Å². The number of carboxylic acids is 1. The lowest BCUT2D eigenvalue weighted by atomic mass is 9.96. The first-order chi connectivity index (χ1) is 9.37. The van der Waals surface area contributed by atoms with E-state index in [1.807, 2.05) is 6.92 Å². The van der Waals surface area contributed by atoms with Crippen LogP contribution in [0.4, 0.5) is 0 Å². The van der Waals surface area contributed by atoms with E-state index in [4.69, 9.17) is 0 Å². The fourth-order valence-corrected chi connectivity index (χ4v) is 2.74. The van der Waals surface area contributed by atoms with Gasteiger partial charge in [-0.1, -0.05) is 18.7 Å². The maximum atomic E-state index is 11.3. The molecule has 0 saturated carbocycles. The fraction of sp³-hybridized carbons (Fsp3) is 0.615. The smallest absolute Gasteiger partial charge is 0.323 e. The number of aromatic amines is 1. The number of carboxylic acid groups (broad SMARTS) is 1. The average Bonchev–Trinajstić information content (AvgIpc) is 2.33. The molecule has 0 amide bonds. The zero-order valence-electron chi connectivity index (χ0n) is 12.0. The molecule has 6 nitrogen and oxygen atoms in total. The quantitative estimate of drug-likeness (QED) is 0.381. The van der Waals surface area contributed by atoms with E-state index in [9.17, 15) is 14.7 Å². The van der Waals surface area contributed by atoms with Crippen molar-refractivity contribution in [2.45, 2.75) is 44.3 Å². The minimum absolute atomic E-state index is 0.164. The summed E-state index contributed by atoms with van der Waals surface area (Å²) in [4.78, 5) is 29.4. The topological polar surface area (TPSA) is 95.1 Å². The lowest BCUT2D eigenvalue weighted by Gasteiger charge is -2.25. The highest BCUT2D eigenvalue weighted by molar-refractivity contribution is 7.99. The van der Waals surface area contributed by atoms with Gasteiger partial charge in [0.25, 0.3) is 5.56 Å². The zero-order chi connectivity index (χ0) is 15.2. The van der Waals surface area contributed by atoms with E-state index in [1.165, 1.54) is 17.8 Å². The second kappa shape index (κ2) is 7.44. The van der Waals surface area contributed by atoms with Crippen molar-refractivity contribution in [3.05, 3.63) is 22.1 Å². The molecular weight excluding hydrogens is 278 g/mol. The van der Waals surface area contributed by atoms with Gasteiger partial charge >= 0.3 is 5.97 Å². The lowest BCUT2D eigenvalue weighted by Crippen LogP contribution is -2.49. The van der Waals surface area contributed by atoms with Gasteiger partial charge in [-0.25, -0.2) is 4.98 Å². The number of rotatable bonds is 8. The van der Waals surface area contributed by atoms with E-state index in [1.54, 1.807) is 13.8 Å². The van der Waals surface area contributed by atoms with Gasteiger partial charge in [0.05, 0.1) is 0 Å². The monoisotopic (exact) mass is 299 g/mol. The van der Waals surface area contributed by atoms with E-state index in [2.05, 4.69) is 15.3 Å². The van der Waals surface area contributed by atoms with Crippen LogP contribution in [0.2, 0.25) is 0 Å². The predicted molar refractivity (Wildman–Crippen MR) is 79.3 cm³/mol. The number of aryl methyl sites for hydroxylation is 1. The first kappa shape index (κ1) is 16.7. The SMILES string of the molecule is CCNC(C)(CCCSc1nc(C)cc(=O)[nH]1)C(=O)O. The van der Waals surface area contributed by atoms with Gasteiger partial charge in [0.1, 0.15) is 5.54 Å². The Balaban J connectivity index is 2.48. The third-order valence-electron chi connectivity index (χ3n) is 2.95. The molecule has 0 saturated heterocycles. The summed E-state index contributed by atoms with van der Waals surface area (Å²) in [6, 6.07) is 1.44. The molecular formula is C13H21N3O3S. The highest BCUT2D eigenvalue weighted by atomic mass is 32.2. The van der Waals surface area contributed by atoms with Gasteiger partial charge in [0.2, 0.25) is 0 Å². The number of carbonyl (C=O) groups is 1. The minimum Gasteiger partial charge on any atom is -0.480 e. The van der Waals surface area contributed by atoms with Crippen LogP contribution in [-0.4, -0.2) is 38.9 Å². The molecule has 1 aromatic heterocycles. The Hall–Kier alpha value is -1.34. The second-order valence-corrected chi connectivity index (χ2v) is 5.90. The Kier molecular flexibility index (Phi) is 6.22. The fourth-order valence-electron chi connectivity index (χ4n) is 1.88. The van der Waals surface area contributed by atoms with E-state index in [-0.39, 0.29) is 5.56 Å². The molecule has 0 aliphatic heterocycles. The largest absolute Gasteiger partial charge is 0.480 e. The predicted octanol–water partition coefficient (Wildman–Crippen LogP) is 1.40. The van der Waals surface area contributed by atoms with Crippen molar-refractivity contribution in [2.75, 3.05) is 12.3 Å². The molecule has 1 unspecified atom stereocenters. The highest BCUT2D eigenvalue weighted by Gasteiger charge is 2.31. The van der Waals surface area contributed by atoms with E-state index >= 15 is 0 Å². The second-order valence-electron chi connectivity index (χ2n) is 4.81. The third-order valence-corrected chi connectivity index (χ3v) is 3.91. The standard InChI is InChI=1S/C13H21N3O3S/c1-4-14-13(3,11(18)19)6-5-7-20-12-15-9(2)8-10(17)16-12/h8,14H,4-7H2,1-3H3,(H,18,19)(H,15,16,17). The first-order valence-corrected chi connectivity index (χ1v) is 7.55. The van der Waals surface area contributed by atoms with Crippen LogP contribution < -0.4 is 10.9 Å². The number of likely N-dealkylation sites (N-methyl/N-ethyl adjacent to an activating group) is 1. The molecule has 3 N–H and O–H groups in total. The average molecular weight is 299 g/mol. The number of hydrogen-bond acceptors (Lipinski definition) is 5. The molecule has 20 heavy (non-hydrogen) atoms. The molecule has 112 valence electrons. The number of aliphatic carboxylic acids is 1. The molecule has 0 radical (unpaired) electrons. The zero-order valence-corrected chi connectivity index (χ0v) is 12.8. The van der Waals surface area contributed by atoms with Crippen molar-refractivity contribution in [1.82, 2.24) is 15.3 Å². The van der Waals surface area contributed by atoms with Gasteiger partial charge in [-0.05, 0) is 33.2 Å². The number of hydrogen-bond donors (Lipinski definition) is 3. The van der Waals surface area contributed by atoms with Crippen molar-refractivity contribution in [1.29, 1.82) is 0 Å². The highest BCUT2D eigenvalue weighted by Crippen LogP contribution is 2.18. The molecule has 1 atom stereocenters. The number of H-pyrrole nitrogens is 1. The number of nitrogens with one attached hydrogen (secondary N) is 2. The van der Waals surface area contributed by atoms with Crippen LogP contribution in [0.25, 0.3) is 0 Å².